The molecule has 2 aliphatic rings. The van der Waals surface area contributed by atoms with Crippen molar-refractivity contribution in [2.24, 2.45) is 0 Å². The van der Waals surface area contributed by atoms with E-state index in [1.807, 2.05) is 24.3 Å². The van der Waals surface area contributed by atoms with Crippen molar-refractivity contribution in [1.82, 2.24) is 0 Å². The molecule has 64 heavy (non-hydrogen) atoms. The zero-order valence-corrected chi connectivity index (χ0v) is 36.8. The summed E-state index contributed by atoms with van der Waals surface area (Å²) < 4.78 is 17.8. The summed E-state index contributed by atoms with van der Waals surface area (Å²) in [5, 5.41) is 53.1. The Labute approximate surface area is 374 Å². The molecule has 14 nitrogen and oxygen atoms in total. The first-order valence-electron chi connectivity index (χ1n) is 21.7. The van der Waals surface area contributed by atoms with Crippen molar-refractivity contribution in [1.29, 1.82) is 0 Å². The number of hydrogen-bond acceptors (Lipinski definition) is 12. The number of carbonyl (C=O) groups excluding carboxylic acids is 4. The van der Waals surface area contributed by atoms with Crippen LogP contribution in [0.25, 0.3) is 0 Å². The molecule has 0 bridgehead atoms. The highest BCUT2D eigenvalue weighted by Crippen LogP contribution is 2.47. The van der Waals surface area contributed by atoms with Crippen LogP contribution < -0.4 is 0 Å². The first kappa shape index (κ1) is 49.0. The van der Waals surface area contributed by atoms with Crippen LogP contribution in [0, 0.1) is 10.4 Å². The number of ether oxygens (including phenoxy) is 4. The van der Waals surface area contributed by atoms with Crippen LogP contribution in [0.2, 0.25) is 0 Å². The molecule has 0 amide bonds. The Kier molecular flexibility index (Phi) is 16.9. The normalized spacial score (nSPS) is 21.2. The molecule has 2 fully saturated rings. The second-order valence-corrected chi connectivity index (χ2v) is 15.4. The number of likely N-dealkylation sites (tertiary alicyclic amines) is 2. The maximum Gasteiger partial charge on any atom is 0.393 e. The number of nitrogens with zero attached hydrogens (tertiary/aromatic N) is 2. The van der Waals surface area contributed by atoms with Crippen LogP contribution in [-0.2, 0) is 49.3 Å². The number of aliphatic hydroxyl groups is 2. The average Bonchev–Trinajstić information content (AvgIpc) is 3.92. The Hall–Kier alpha value is -6.00. The molecule has 4 aromatic carbocycles. The largest absolute Gasteiger partial charge is 0.627 e. The van der Waals surface area contributed by atoms with Gasteiger partial charge in [0, 0.05) is 25.7 Å². The molecular weight excluding hydrogens is 821 g/mol. The van der Waals surface area contributed by atoms with Gasteiger partial charge in [0.1, 0.15) is 12.1 Å². The first-order valence-corrected chi connectivity index (χ1v) is 21.7. The van der Waals surface area contributed by atoms with E-state index in [4.69, 9.17) is 18.9 Å². The number of quaternary nitrogens is 2. The molecule has 0 saturated carbocycles. The topological polar surface area (TPSA) is 192 Å². The number of hydrogen-bond donors (Lipinski definition) is 2. The van der Waals surface area contributed by atoms with Crippen molar-refractivity contribution < 1.29 is 57.6 Å². The van der Waals surface area contributed by atoms with Crippen molar-refractivity contribution >= 4 is 23.9 Å². The summed E-state index contributed by atoms with van der Waals surface area (Å²) in [6.07, 6.45) is 3.48. The third-order valence-electron chi connectivity index (χ3n) is 11.6. The monoisotopic (exact) mass is 878 g/mol. The fraction of sp³-hybridized carbons (Fsp3) is 0.360. The molecule has 2 heterocycles. The molecule has 14 heteroatoms. The summed E-state index contributed by atoms with van der Waals surface area (Å²) in [6, 6.07) is 33.7. The summed E-state index contributed by atoms with van der Waals surface area (Å²) in [6.45, 7) is 6.88. The van der Waals surface area contributed by atoms with E-state index in [-0.39, 0.29) is 50.9 Å². The highest BCUT2D eigenvalue weighted by molar-refractivity contribution is 5.95. The van der Waals surface area contributed by atoms with Gasteiger partial charge in [0.2, 0.25) is 11.4 Å². The summed E-state index contributed by atoms with van der Waals surface area (Å²) in [5.74, 6) is -3.35. The van der Waals surface area contributed by atoms with Gasteiger partial charge < -0.3 is 48.9 Å². The lowest BCUT2D eigenvalue weighted by atomic mass is 9.78. The minimum atomic E-state index is -1.69. The molecule has 340 valence electrons. The number of hydroxylamine groups is 6. The minimum absolute atomic E-state index is 0.0245. The number of carbonyl (C=O) groups is 4. The predicted molar refractivity (Wildman–Crippen MR) is 237 cm³/mol. The fourth-order valence-corrected chi connectivity index (χ4v) is 8.88. The van der Waals surface area contributed by atoms with Gasteiger partial charge in [-0.3, -0.25) is 0 Å². The van der Waals surface area contributed by atoms with Crippen molar-refractivity contribution in [2.45, 2.75) is 76.7 Å². The fourth-order valence-electron chi connectivity index (χ4n) is 8.88. The van der Waals surface area contributed by atoms with Gasteiger partial charge in [-0.25, -0.2) is 19.2 Å². The third kappa shape index (κ3) is 10.3. The van der Waals surface area contributed by atoms with Crippen molar-refractivity contribution in [3.05, 3.63) is 178 Å². The molecule has 4 aromatic rings. The molecule has 0 spiro atoms. The van der Waals surface area contributed by atoms with Crippen LogP contribution in [0.3, 0.4) is 0 Å². The molecule has 6 rings (SSSR count). The average molecular weight is 879 g/mol. The summed E-state index contributed by atoms with van der Waals surface area (Å²) >= 11 is 0. The summed E-state index contributed by atoms with van der Waals surface area (Å²) in [5.41, 5.74) is -1.96. The zero-order chi connectivity index (χ0) is 46.4. The Balaban J connectivity index is 0.000000241. The van der Waals surface area contributed by atoms with Gasteiger partial charge in [-0.1, -0.05) is 121 Å². The van der Waals surface area contributed by atoms with Gasteiger partial charge in [-0.15, -0.1) is 0 Å². The van der Waals surface area contributed by atoms with Gasteiger partial charge in [-0.05, 0) is 49.9 Å². The van der Waals surface area contributed by atoms with E-state index in [9.17, 15) is 39.8 Å². The third-order valence-corrected chi connectivity index (χ3v) is 11.6. The molecule has 0 aromatic heterocycles. The van der Waals surface area contributed by atoms with Crippen LogP contribution >= 0.6 is 0 Å². The highest BCUT2D eigenvalue weighted by Gasteiger charge is 2.56. The van der Waals surface area contributed by atoms with E-state index in [0.29, 0.717) is 47.9 Å². The number of esters is 4. The Bertz CT molecular complexity index is 2000. The molecule has 0 aliphatic carbocycles. The smallest absolute Gasteiger partial charge is 0.393 e. The van der Waals surface area contributed by atoms with Crippen molar-refractivity contribution in [3.8, 4) is 0 Å². The molecule has 2 saturated heterocycles. The van der Waals surface area contributed by atoms with Crippen LogP contribution in [0.4, 0.5) is 0 Å². The Morgan fingerprint density at radius 1 is 0.516 bits per heavy atom. The van der Waals surface area contributed by atoms with Crippen LogP contribution in [0.15, 0.2) is 145 Å². The lowest BCUT2D eigenvalue weighted by Crippen LogP contribution is -2.58. The van der Waals surface area contributed by atoms with E-state index in [0.717, 1.165) is 12.2 Å². The van der Waals surface area contributed by atoms with Gasteiger partial charge in [0.25, 0.3) is 0 Å². The molecule has 0 radical (unpaired) electrons. The van der Waals surface area contributed by atoms with E-state index >= 15 is 0 Å². The quantitative estimate of drug-likeness (QED) is 0.0393. The van der Waals surface area contributed by atoms with Gasteiger partial charge in [0.15, 0.2) is 11.2 Å². The second-order valence-electron chi connectivity index (χ2n) is 15.4. The van der Waals surface area contributed by atoms with Gasteiger partial charge in [-0.2, -0.15) is 0 Å². The molecule has 0 unspecified atom stereocenters. The molecule has 4 atom stereocenters. The highest BCUT2D eigenvalue weighted by atomic mass is 16.6. The van der Waals surface area contributed by atoms with E-state index in [2.05, 4.69) is 0 Å². The van der Waals surface area contributed by atoms with Crippen LogP contribution in [0.1, 0.15) is 75.6 Å². The standard InChI is InChI=1S/2C25H29NO6/c2*1-3-31-23(27)18-21(24(28)32-4-2)26(30)17-11-16-22(26)25(29,19-12-7-5-8-13-19)20-14-9-6-10-15-20/h2*5-10,12-15,18,22,29H,3-4,11,16-17H2,1-2H3/b2*21-18+/t2*22-,26+/m00/s1. The lowest BCUT2D eigenvalue weighted by Gasteiger charge is -2.50. The number of benzene rings is 4. The van der Waals surface area contributed by atoms with E-state index in [1.54, 1.807) is 125 Å². The summed E-state index contributed by atoms with van der Waals surface area (Å²) in [4.78, 5) is 50.1. The molecular formula is C50H58N2O12. The maximum absolute atomic E-state index is 14.4. The second kappa shape index (κ2) is 22.1. The Morgan fingerprint density at radius 2 is 0.781 bits per heavy atom. The van der Waals surface area contributed by atoms with Crippen LogP contribution in [0.5, 0.6) is 0 Å². The van der Waals surface area contributed by atoms with Crippen molar-refractivity contribution in [3.63, 3.8) is 0 Å². The van der Waals surface area contributed by atoms with E-state index < -0.39 is 56.5 Å². The van der Waals surface area contributed by atoms with E-state index in [1.165, 1.54) is 0 Å². The predicted octanol–water partition coefficient (Wildman–Crippen LogP) is 6.82. The van der Waals surface area contributed by atoms with Gasteiger partial charge in [0.05, 0.1) is 51.7 Å². The van der Waals surface area contributed by atoms with Gasteiger partial charge >= 0.3 is 23.9 Å². The zero-order valence-electron chi connectivity index (χ0n) is 36.8. The lowest BCUT2D eigenvalue weighted by molar-refractivity contribution is -0.859. The van der Waals surface area contributed by atoms with Crippen LogP contribution in [-0.4, -0.2) is 95.0 Å². The SMILES string of the molecule is CCOC(=O)/C=C(\C(=O)OCC)[N@+]1([O-])CCC[C@H]1C(O)(c1ccccc1)c1ccccc1.CCOC(=O)/C=C(\C(=O)OCC)[N@+]1([O-])CCC[C@H]1C(O)(c1ccccc1)c1ccccc1. The first-order chi connectivity index (χ1) is 30.7. The maximum atomic E-state index is 14.4. The molecule has 2 N–H and O–H groups in total. The molecule has 2 aliphatic heterocycles. The van der Waals surface area contributed by atoms with Crippen molar-refractivity contribution in [2.75, 3.05) is 39.5 Å². The number of rotatable bonds is 16. The minimum Gasteiger partial charge on any atom is -0.627 e. The Morgan fingerprint density at radius 3 is 1.03 bits per heavy atom. The summed E-state index contributed by atoms with van der Waals surface area (Å²) in [7, 11) is 0.